The van der Waals surface area contributed by atoms with Crippen molar-refractivity contribution in [1.29, 1.82) is 0 Å². The molecule has 1 atom stereocenters. The largest absolute Gasteiger partial charge is 0.368 e. The van der Waals surface area contributed by atoms with Gasteiger partial charge in [-0.25, -0.2) is 4.79 Å². The minimum absolute atomic E-state index is 0.285. The van der Waals surface area contributed by atoms with Crippen LogP contribution in [-0.2, 0) is 4.79 Å². The van der Waals surface area contributed by atoms with Crippen molar-refractivity contribution in [3.8, 4) is 0 Å². The molecule has 2 aromatic carbocycles. The molecule has 1 saturated heterocycles. The van der Waals surface area contributed by atoms with Gasteiger partial charge in [0.05, 0.1) is 0 Å². The zero-order valence-electron chi connectivity index (χ0n) is 16.6. The summed E-state index contributed by atoms with van der Waals surface area (Å²) in [4.78, 5) is 39.8. The number of nitrogens with zero attached hydrogens (tertiary/aromatic N) is 2. The van der Waals surface area contributed by atoms with E-state index in [1.807, 2.05) is 24.3 Å². The molecule has 0 unspecified atom stereocenters. The van der Waals surface area contributed by atoms with Crippen molar-refractivity contribution in [2.75, 3.05) is 36.4 Å². The topological polar surface area (TPSA) is 108 Å². The van der Waals surface area contributed by atoms with Crippen molar-refractivity contribution < 1.29 is 14.4 Å². The summed E-state index contributed by atoms with van der Waals surface area (Å²) in [6.45, 7) is 4.07. The van der Waals surface area contributed by atoms with Crippen LogP contribution in [0.4, 0.5) is 16.2 Å². The van der Waals surface area contributed by atoms with E-state index in [0.29, 0.717) is 42.5 Å². The molecule has 0 bridgehead atoms. The number of carbonyl (C=O) groups excluding carboxylic acids is 3. The molecule has 0 aromatic heterocycles. The lowest BCUT2D eigenvalue weighted by Crippen LogP contribution is -2.54. The Labute approximate surface area is 180 Å². The van der Waals surface area contributed by atoms with E-state index in [1.165, 1.54) is 12.1 Å². The van der Waals surface area contributed by atoms with Gasteiger partial charge < -0.3 is 26.2 Å². The molecule has 1 aliphatic rings. The fourth-order valence-electron chi connectivity index (χ4n) is 3.15. The Morgan fingerprint density at radius 1 is 1.03 bits per heavy atom. The van der Waals surface area contributed by atoms with E-state index in [9.17, 15) is 14.4 Å². The maximum atomic E-state index is 12.5. The van der Waals surface area contributed by atoms with Crippen molar-refractivity contribution in [1.82, 2.24) is 10.2 Å². The highest BCUT2D eigenvalue weighted by Crippen LogP contribution is 2.20. The zero-order valence-corrected chi connectivity index (χ0v) is 17.4. The van der Waals surface area contributed by atoms with Gasteiger partial charge in [-0.1, -0.05) is 17.7 Å². The van der Waals surface area contributed by atoms with Gasteiger partial charge in [0.1, 0.15) is 6.04 Å². The molecular formula is C21H24ClN5O3. The first-order valence-electron chi connectivity index (χ1n) is 9.60. The monoisotopic (exact) mass is 429 g/mol. The van der Waals surface area contributed by atoms with Gasteiger partial charge in [-0.05, 0) is 49.4 Å². The Morgan fingerprint density at radius 3 is 2.30 bits per heavy atom. The van der Waals surface area contributed by atoms with Crippen LogP contribution in [0.15, 0.2) is 48.5 Å². The number of rotatable bonds is 5. The van der Waals surface area contributed by atoms with Gasteiger partial charge in [-0.15, -0.1) is 0 Å². The number of urea groups is 1. The molecule has 1 aliphatic heterocycles. The molecule has 4 amide bonds. The second kappa shape index (κ2) is 9.49. The normalized spacial score (nSPS) is 14.7. The summed E-state index contributed by atoms with van der Waals surface area (Å²) in [5.74, 6) is -0.892. The summed E-state index contributed by atoms with van der Waals surface area (Å²) in [6, 6.07) is 12.8. The number of hydrogen-bond acceptors (Lipinski definition) is 4. The minimum atomic E-state index is -0.723. The average Bonchev–Trinajstić information content (AvgIpc) is 2.74. The highest BCUT2D eigenvalue weighted by molar-refractivity contribution is 6.30. The Bertz CT molecular complexity index is 926. The highest BCUT2D eigenvalue weighted by Gasteiger charge is 2.24. The van der Waals surface area contributed by atoms with Crippen molar-refractivity contribution in [3.05, 3.63) is 59.1 Å². The number of benzene rings is 2. The lowest BCUT2D eigenvalue weighted by atomic mass is 10.2. The Kier molecular flexibility index (Phi) is 6.79. The molecule has 30 heavy (non-hydrogen) atoms. The number of nitrogens with two attached hydrogens (primary N) is 1. The minimum Gasteiger partial charge on any atom is -0.368 e. The van der Waals surface area contributed by atoms with Crippen LogP contribution in [0.2, 0.25) is 5.02 Å². The van der Waals surface area contributed by atoms with E-state index in [-0.39, 0.29) is 11.9 Å². The third kappa shape index (κ3) is 5.42. The molecule has 4 N–H and O–H groups in total. The molecule has 158 valence electrons. The average molecular weight is 430 g/mol. The second-order valence-electron chi connectivity index (χ2n) is 7.06. The third-order valence-corrected chi connectivity index (χ3v) is 5.15. The van der Waals surface area contributed by atoms with E-state index < -0.39 is 11.9 Å². The van der Waals surface area contributed by atoms with E-state index in [4.69, 9.17) is 17.3 Å². The van der Waals surface area contributed by atoms with Crippen molar-refractivity contribution in [2.24, 2.45) is 5.73 Å². The molecule has 2 aromatic rings. The van der Waals surface area contributed by atoms with Gasteiger partial charge in [0.25, 0.3) is 0 Å². The Morgan fingerprint density at radius 2 is 1.70 bits per heavy atom. The lowest BCUT2D eigenvalue weighted by Gasteiger charge is -2.36. The Balaban J connectivity index is 1.48. The molecule has 1 heterocycles. The third-order valence-electron chi connectivity index (χ3n) is 4.91. The molecule has 0 saturated carbocycles. The fraction of sp³-hybridized carbons (Fsp3) is 0.286. The van der Waals surface area contributed by atoms with Gasteiger partial charge in [0.2, 0.25) is 11.8 Å². The van der Waals surface area contributed by atoms with Gasteiger partial charge in [-0.2, -0.15) is 0 Å². The summed E-state index contributed by atoms with van der Waals surface area (Å²) in [5, 5.41) is 6.11. The maximum absolute atomic E-state index is 12.5. The lowest BCUT2D eigenvalue weighted by molar-refractivity contribution is -0.117. The smallest absolute Gasteiger partial charge is 0.318 e. The predicted octanol–water partition coefficient (Wildman–Crippen LogP) is 2.30. The molecule has 0 spiro atoms. The van der Waals surface area contributed by atoms with Crippen LogP contribution in [0, 0.1) is 0 Å². The van der Waals surface area contributed by atoms with Gasteiger partial charge >= 0.3 is 6.03 Å². The van der Waals surface area contributed by atoms with Crippen LogP contribution in [0.25, 0.3) is 0 Å². The molecule has 8 nitrogen and oxygen atoms in total. The number of halogens is 1. The maximum Gasteiger partial charge on any atom is 0.318 e. The first kappa shape index (κ1) is 21.4. The standard InChI is InChI=1S/C21H24ClN5O3/c1-14(20(29)25-17-7-5-15(6-8-17)19(23)28)24-21(30)27-11-9-26(10-12-27)18-4-2-3-16(22)13-18/h2-8,13-14H,9-12H2,1H3,(H2,23,28)(H,24,30)(H,25,29)/t14-/m1/s1. The van der Waals surface area contributed by atoms with Crippen LogP contribution in [-0.4, -0.2) is 55.0 Å². The number of amides is 4. The number of piperazine rings is 1. The van der Waals surface area contributed by atoms with Crippen molar-refractivity contribution >= 4 is 40.8 Å². The van der Waals surface area contributed by atoms with Crippen LogP contribution in [0.5, 0.6) is 0 Å². The molecule has 1 fully saturated rings. The Hall–Kier alpha value is -3.26. The molecule has 9 heteroatoms. The van der Waals surface area contributed by atoms with Crippen LogP contribution in [0.1, 0.15) is 17.3 Å². The molecular weight excluding hydrogens is 406 g/mol. The predicted molar refractivity (Wildman–Crippen MR) is 117 cm³/mol. The highest BCUT2D eigenvalue weighted by atomic mass is 35.5. The number of nitrogens with one attached hydrogen (secondary N) is 2. The first-order valence-corrected chi connectivity index (χ1v) is 9.98. The van der Waals surface area contributed by atoms with Crippen LogP contribution < -0.4 is 21.3 Å². The molecule has 0 radical (unpaired) electrons. The van der Waals surface area contributed by atoms with Crippen LogP contribution in [0.3, 0.4) is 0 Å². The number of hydrogen-bond donors (Lipinski definition) is 3. The first-order chi connectivity index (χ1) is 14.3. The summed E-state index contributed by atoms with van der Waals surface area (Å²) < 4.78 is 0. The summed E-state index contributed by atoms with van der Waals surface area (Å²) >= 11 is 6.05. The number of anilines is 2. The van der Waals surface area contributed by atoms with E-state index in [2.05, 4.69) is 15.5 Å². The van der Waals surface area contributed by atoms with E-state index in [1.54, 1.807) is 24.0 Å². The summed E-state index contributed by atoms with van der Waals surface area (Å²) in [7, 11) is 0. The van der Waals surface area contributed by atoms with Crippen LogP contribution >= 0.6 is 11.6 Å². The number of carbonyl (C=O) groups is 3. The second-order valence-corrected chi connectivity index (χ2v) is 7.49. The van der Waals surface area contributed by atoms with Gasteiger partial charge in [-0.3, -0.25) is 9.59 Å². The molecule has 0 aliphatic carbocycles. The zero-order chi connectivity index (χ0) is 21.7. The summed E-state index contributed by atoms with van der Waals surface area (Å²) in [6.07, 6.45) is 0. The molecule has 3 rings (SSSR count). The van der Waals surface area contributed by atoms with Crippen molar-refractivity contribution in [2.45, 2.75) is 13.0 Å². The van der Waals surface area contributed by atoms with Gasteiger partial charge in [0.15, 0.2) is 0 Å². The van der Waals surface area contributed by atoms with Crippen molar-refractivity contribution in [3.63, 3.8) is 0 Å². The number of primary amides is 1. The summed E-state index contributed by atoms with van der Waals surface area (Å²) in [5.41, 5.74) is 7.09. The SMILES string of the molecule is C[C@@H](NC(=O)N1CCN(c2cccc(Cl)c2)CC1)C(=O)Nc1ccc(C(N)=O)cc1. The van der Waals surface area contributed by atoms with E-state index >= 15 is 0 Å². The van der Waals surface area contributed by atoms with E-state index in [0.717, 1.165) is 5.69 Å². The van der Waals surface area contributed by atoms with Gasteiger partial charge in [0, 0.05) is 48.1 Å². The fourth-order valence-corrected chi connectivity index (χ4v) is 3.34. The quantitative estimate of drug-likeness (QED) is 0.677.